The zero-order valence-corrected chi connectivity index (χ0v) is 18.9. The number of H-pyrrole nitrogens is 1. The highest BCUT2D eigenvalue weighted by molar-refractivity contribution is 6.42. The highest BCUT2D eigenvalue weighted by Crippen LogP contribution is 2.25. The number of unbranched alkanes of at least 4 members (excludes halogenated alkanes) is 1. The van der Waals surface area contributed by atoms with Crippen LogP contribution in [0.1, 0.15) is 37.9 Å². The van der Waals surface area contributed by atoms with Gasteiger partial charge in [0.1, 0.15) is 0 Å². The van der Waals surface area contributed by atoms with E-state index in [1.807, 2.05) is 10.6 Å². The number of ether oxygens (including phenoxy) is 1. The lowest BCUT2D eigenvalue weighted by Gasteiger charge is -2.35. The summed E-state index contributed by atoms with van der Waals surface area (Å²) >= 11 is 12.0. The largest absolute Gasteiger partial charge is 0.379 e. The minimum atomic E-state index is -0.214. The Kier molecular flexibility index (Phi) is 7.12. The van der Waals surface area contributed by atoms with Gasteiger partial charge in [-0.05, 0) is 24.1 Å². The lowest BCUT2D eigenvalue weighted by atomic mass is 10.2. The average molecular weight is 465 g/mol. The maximum atomic E-state index is 13.0. The molecular weight excluding hydrogens is 439 g/mol. The first-order chi connectivity index (χ1) is 15.1. The van der Waals surface area contributed by atoms with Crippen LogP contribution in [0.15, 0.2) is 29.3 Å². The highest BCUT2D eigenvalue weighted by Gasteiger charge is 2.25. The summed E-state index contributed by atoms with van der Waals surface area (Å²) in [6, 6.07) is 5.39. The second-order valence-electron chi connectivity index (χ2n) is 7.61. The summed E-state index contributed by atoms with van der Waals surface area (Å²) in [5, 5.41) is 4.12. The molecule has 31 heavy (non-hydrogen) atoms. The van der Waals surface area contributed by atoms with Gasteiger partial charge in [-0.2, -0.15) is 4.98 Å². The fraction of sp³-hybridized carbons (Fsp3) is 0.476. The van der Waals surface area contributed by atoms with Crippen LogP contribution in [-0.2, 0) is 11.3 Å². The molecule has 0 aliphatic carbocycles. The third-order valence-corrected chi connectivity index (χ3v) is 6.23. The van der Waals surface area contributed by atoms with Gasteiger partial charge in [-0.3, -0.25) is 14.7 Å². The molecule has 1 fully saturated rings. The van der Waals surface area contributed by atoms with Gasteiger partial charge in [0, 0.05) is 19.6 Å². The number of aromatic amines is 1. The van der Waals surface area contributed by atoms with E-state index >= 15 is 0 Å². The van der Waals surface area contributed by atoms with E-state index in [-0.39, 0.29) is 11.7 Å². The summed E-state index contributed by atoms with van der Waals surface area (Å²) in [5.74, 6) is 0.366. The van der Waals surface area contributed by atoms with Crippen LogP contribution in [0, 0.1) is 0 Å². The Morgan fingerprint density at radius 2 is 2.06 bits per heavy atom. The highest BCUT2D eigenvalue weighted by atomic mass is 35.5. The van der Waals surface area contributed by atoms with Crippen molar-refractivity contribution >= 4 is 40.3 Å². The molecule has 10 heteroatoms. The lowest BCUT2D eigenvalue weighted by Crippen LogP contribution is -2.41. The molecule has 0 bridgehead atoms. The van der Waals surface area contributed by atoms with Crippen molar-refractivity contribution in [2.45, 2.75) is 38.9 Å². The molecule has 0 spiro atoms. The number of imidazole rings is 1. The van der Waals surface area contributed by atoms with Crippen LogP contribution in [0.25, 0.3) is 11.2 Å². The van der Waals surface area contributed by atoms with E-state index in [9.17, 15) is 4.79 Å². The normalized spacial score (nSPS) is 16.0. The van der Waals surface area contributed by atoms with Crippen molar-refractivity contribution in [1.82, 2.24) is 24.4 Å². The molecule has 3 aromatic rings. The van der Waals surface area contributed by atoms with E-state index in [1.165, 1.54) is 0 Å². The fourth-order valence-electron chi connectivity index (χ4n) is 3.86. The number of aromatic nitrogens is 4. The van der Waals surface area contributed by atoms with Gasteiger partial charge in [0.2, 0.25) is 5.95 Å². The predicted molar refractivity (Wildman–Crippen MR) is 123 cm³/mol. The number of hydrogen-bond acceptors (Lipinski definition) is 6. The maximum absolute atomic E-state index is 13.0. The number of rotatable bonds is 8. The summed E-state index contributed by atoms with van der Waals surface area (Å²) in [7, 11) is 0. The summed E-state index contributed by atoms with van der Waals surface area (Å²) in [5.41, 5.74) is 1.63. The summed E-state index contributed by atoms with van der Waals surface area (Å²) in [6.07, 6.45) is 4.89. The molecule has 0 saturated carbocycles. The number of nitrogens with zero attached hydrogens (tertiary/aromatic N) is 4. The molecule has 166 valence electrons. The Bertz CT molecular complexity index is 1090. The van der Waals surface area contributed by atoms with Gasteiger partial charge in [0.25, 0.3) is 5.56 Å². The van der Waals surface area contributed by atoms with Crippen LogP contribution in [0.4, 0.5) is 5.95 Å². The maximum Gasteiger partial charge on any atom is 0.278 e. The molecule has 1 atom stereocenters. The Morgan fingerprint density at radius 3 is 2.81 bits per heavy atom. The zero-order chi connectivity index (χ0) is 21.8. The molecule has 1 aromatic carbocycles. The quantitative estimate of drug-likeness (QED) is 0.522. The van der Waals surface area contributed by atoms with E-state index < -0.39 is 0 Å². The third-order valence-electron chi connectivity index (χ3n) is 5.49. The second-order valence-corrected chi connectivity index (χ2v) is 8.43. The molecule has 2 N–H and O–H groups in total. The number of fused-ring (bicyclic) bond motifs is 1. The number of halogens is 2. The van der Waals surface area contributed by atoms with Crippen molar-refractivity contribution in [2.75, 3.05) is 31.6 Å². The van der Waals surface area contributed by atoms with E-state index in [0.717, 1.165) is 37.9 Å². The van der Waals surface area contributed by atoms with Crippen molar-refractivity contribution < 1.29 is 4.74 Å². The van der Waals surface area contributed by atoms with E-state index in [4.69, 9.17) is 27.9 Å². The lowest BCUT2D eigenvalue weighted by molar-refractivity contribution is -0.00361. The first kappa shape index (κ1) is 22.1. The minimum absolute atomic E-state index is 0.0618. The summed E-state index contributed by atoms with van der Waals surface area (Å²) < 4.78 is 7.47. The van der Waals surface area contributed by atoms with Gasteiger partial charge in [0.15, 0.2) is 11.2 Å². The van der Waals surface area contributed by atoms with E-state index in [1.54, 1.807) is 18.5 Å². The van der Waals surface area contributed by atoms with Crippen LogP contribution < -0.4 is 10.9 Å². The molecule has 1 aliphatic heterocycles. The van der Waals surface area contributed by atoms with Crippen LogP contribution in [0.3, 0.4) is 0 Å². The first-order valence-electron chi connectivity index (χ1n) is 10.5. The van der Waals surface area contributed by atoms with Crippen LogP contribution in [0.5, 0.6) is 0 Å². The van der Waals surface area contributed by atoms with Crippen molar-refractivity contribution in [1.29, 1.82) is 0 Å². The molecule has 1 saturated heterocycles. The van der Waals surface area contributed by atoms with Crippen molar-refractivity contribution in [3.63, 3.8) is 0 Å². The Morgan fingerprint density at radius 1 is 1.26 bits per heavy atom. The smallest absolute Gasteiger partial charge is 0.278 e. The number of hydrogen-bond donors (Lipinski definition) is 2. The topological polar surface area (TPSA) is 88.1 Å². The molecule has 1 aliphatic rings. The molecule has 1 unspecified atom stereocenters. The van der Waals surface area contributed by atoms with E-state index in [0.29, 0.717) is 46.9 Å². The Balaban J connectivity index is 1.58. The standard InChI is InChI=1S/C21H26Cl2N6O2/c1-2-3-4-17(28-7-9-31-10-8-28)29-13-25-19-18(29)20(30)27-21(26-19)24-12-14-5-6-15(22)16(23)11-14/h5-6,11,13,17H,2-4,7-10,12H2,1H3,(H2,24,26,27,30). The number of benzene rings is 1. The summed E-state index contributed by atoms with van der Waals surface area (Å²) in [6.45, 7) is 5.69. The number of nitrogens with one attached hydrogen (secondary N) is 2. The van der Waals surface area contributed by atoms with E-state index in [2.05, 4.69) is 32.1 Å². The third kappa shape index (κ3) is 5.03. The van der Waals surface area contributed by atoms with Crippen molar-refractivity contribution in [3.05, 3.63) is 50.5 Å². The number of morpholine rings is 1. The van der Waals surface area contributed by atoms with Crippen LogP contribution in [0.2, 0.25) is 10.0 Å². The number of anilines is 1. The molecule has 8 nitrogen and oxygen atoms in total. The van der Waals surface area contributed by atoms with Gasteiger partial charge in [-0.1, -0.05) is 49.0 Å². The zero-order valence-electron chi connectivity index (χ0n) is 17.4. The molecule has 2 aromatic heterocycles. The average Bonchev–Trinajstić information content (AvgIpc) is 3.20. The van der Waals surface area contributed by atoms with Crippen molar-refractivity contribution in [3.8, 4) is 0 Å². The van der Waals surface area contributed by atoms with Gasteiger partial charge in [-0.15, -0.1) is 0 Å². The monoisotopic (exact) mass is 464 g/mol. The van der Waals surface area contributed by atoms with Crippen LogP contribution in [-0.4, -0.2) is 50.7 Å². The van der Waals surface area contributed by atoms with Gasteiger partial charge >= 0.3 is 0 Å². The SMILES string of the molecule is CCCCC(N1CCOCC1)n1cnc2nc(NCc3ccc(Cl)c(Cl)c3)[nH]c(=O)c21. The molecule has 3 heterocycles. The molecule has 0 amide bonds. The molecule has 0 radical (unpaired) electrons. The molecule has 4 rings (SSSR count). The van der Waals surface area contributed by atoms with Gasteiger partial charge in [-0.25, -0.2) is 4.98 Å². The Labute approximate surface area is 190 Å². The van der Waals surface area contributed by atoms with Crippen LogP contribution >= 0.6 is 23.2 Å². The molecular formula is C21H26Cl2N6O2. The Hall–Kier alpha value is -2.13. The summed E-state index contributed by atoms with van der Waals surface area (Å²) in [4.78, 5) is 27.1. The first-order valence-corrected chi connectivity index (χ1v) is 11.3. The fourth-order valence-corrected chi connectivity index (χ4v) is 4.18. The minimum Gasteiger partial charge on any atom is -0.379 e. The van der Waals surface area contributed by atoms with Gasteiger partial charge < -0.3 is 14.6 Å². The van der Waals surface area contributed by atoms with Gasteiger partial charge in [0.05, 0.1) is 35.8 Å². The second kappa shape index (κ2) is 9.99. The van der Waals surface area contributed by atoms with Crippen molar-refractivity contribution in [2.24, 2.45) is 0 Å². The predicted octanol–water partition coefficient (Wildman–Crippen LogP) is 4.06.